The van der Waals surface area contributed by atoms with Crippen molar-refractivity contribution < 1.29 is 14.7 Å². The molecule has 0 bridgehead atoms. The Kier molecular flexibility index (Phi) is 5.87. The van der Waals surface area contributed by atoms with Gasteiger partial charge < -0.3 is 15.3 Å². The van der Waals surface area contributed by atoms with Gasteiger partial charge in [0, 0.05) is 27.1 Å². The monoisotopic (exact) mass is 202 g/mol. The van der Waals surface area contributed by atoms with Crippen LogP contribution in [0.4, 0.5) is 0 Å². The van der Waals surface area contributed by atoms with Gasteiger partial charge >= 0.3 is 5.97 Å². The summed E-state index contributed by atoms with van der Waals surface area (Å²) in [6.45, 7) is 2.20. The van der Waals surface area contributed by atoms with E-state index in [0.29, 0.717) is 19.4 Å². The third-order valence-corrected chi connectivity index (χ3v) is 1.93. The number of carbonyl (C=O) groups excluding carboxylic acids is 1. The van der Waals surface area contributed by atoms with E-state index in [4.69, 9.17) is 5.11 Å². The lowest BCUT2D eigenvalue weighted by Crippen LogP contribution is -2.38. The maximum Gasteiger partial charge on any atom is 0.320 e. The molecule has 14 heavy (non-hydrogen) atoms. The Balaban J connectivity index is 3.72. The molecule has 1 amide bonds. The molecule has 0 spiro atoms. The highest BCUT2D eigenvalue weighted by atomic mass is 16.4. The SMILES string of the molecule is CCC(NCCC(=O)N(C)C)C(=O)O. The van der Waals surface area contributed by atoms with Gasteiger partial charge in [0.2, 0.25) is 5.91 Å². The van der Waals surface area contributed by atoms with Gasteiger partial charge in [0.25, 0.3) is 0 Å². The lowest BCUT2D eigenvalue weighted by molar-refractivity contribution is -0.139. The summed E-state index contributed by atoms with van der Waals surface area (Å²) >= 11 is 0. The Bertz CT molecular complexity index is 204. The summed E-state index contributed by atoms with van der Waals surface area (Å²) in [7, 11) is 3.35. The highest BCUT2D eigenvalue weighted by Gasteiger charge is 2.14. The van der Waals surface area contributed by atoms with Crippen LogP contribution in [0.2, 0.25) is 0 Å². The fraction of sp³-hybridized carbons (Fsp3) is 0.778. The van der Waals surface area contributed by atoms with Gasteiger partial charge in [-0.25, -0.2) is 0 Å². The Hall–Kier alpha value is -1.10. The maximum absolute atomic E-state index is 11.1. The van der Waals surface area contributed by atoms with E-state index in [-0.39, 0.29) is 5.91 Å². The van der Waals surface area contributed by atoms with Crippen molar-refractivity contribution >= 4 is 11.9 Å². The van der Waals surface area contributed by atoms with Crippen molar-refractivity contribution in [2.24, 2.45) is 0 Å². The molecule has 5 heteroatoms. The van der Waals surface area contributed by atoms with Gasteiger partial charge in [-0.2, -0.15) is 0 Å². The molecule has 0 rings (SSSR count). The molecular formula is C9H18N2O3. The molecule has 0 aromatic rings. The van der Waals surface area contributed by atoms with Crippen molar-refractivity contribution in [2.75, 3.05) is 20.6 Å². The highest BCUT2D eigenvalue weighted by molar-refractivity contribution is 5.76. The van der Waals surface area contributed by atoms with Crippen LogP contribution in [0.25, 0.3) is 0 Å². The van der Waals surface area contributed by atoms with E-state index in [2.05, 4.69) is 5.32 Å². The van der Waals surface area contributed by atoms with Gasteiger partial charge in [0.05, 0.1) is 0 Å². The first-order chi connectivity index (χ1) is 6.49. The molecule has 0 aromatic carbocycles. The van der Waals surface area contributed by atoms with Crippen molar-refractivity contribution in [3.8, 4) is 0 Å². The average Bonchev–Trinajstić information content (AvgIpc) is 2.11. The second kappa shape index (κ2) is 6.37. The number of nitrogens with zero attached hydrogens (tertiary/aromatic N) is 1. The quantitative estimate of drug-likeness (QED) is 0.632. The number of rotatable bonds is 6. The van der Waals surface area contributed by atoms with Crippen LogP contribution in [0, 0.1) is 0 Å². The van der Waals surface area contributed by atoms with Crippen molar-refractivity contribution in [1.29, 1.82) is 0 Å². The summed E-state index contributed by atoms with van der Waals surface area (Å²) < 4.78 is 0. The van der Waals surface area contributed by atoms with E-state index in [1.165, 1.54) is 4.90 Å². The van der Waals surface area contributed by atoms with Crippen LogP contribution in [-0.4, -0.2) is 48.6 Å². The van der Waals surface area contributed by atoms with E-state index in [0.717, 1.165) is 0 Å². The summed E-state index contributed by atoms with van der Waals surface area (Å²) in [5, 5.41) is 11.5. The van der Waals surface area contributed by atoms with Gasteiger partial charge in [0.1, 0.15) is 6.04 Å². The Morgan fingerprint density at radius 2 is 2.00 bits per heavy atom. The topological polar surface area (TPSA) is 69.6 Å². The number of nitrogens with one attached hydrogen (secondary N) is 1. The van der Waals surface area contributed by atoms with Crippen molar-refractivity contribution in [2.45, 2.75) is 25.8 Å². The van der Waals surface area contributed by atoms with E-state index in [1.54, 1.807) is 21.0 Å². The summed E-state index contributed by atoms with van der Waals surface area (Å²) in [5.41, 5.74) is 0. The number of carbonyl (C=O) groups is 2. The molecule has 5 nitrogen and oxygen atoms in total. The Morgan fingerprint density at radius 3 is 2.36 bits per heavy atom. The molecule has 0 heterocycles. The van der Waals surface area contributed by atoms with E-state index < -0.39 is 12.0 Å². The molecule has 0 saturated heterocycles. The smallest absolute Gasteiger partial charge is 0.320 e. The first kappa shape index (κ1) is 12.9. The summed E-state index contributed by atoms with van der Waals surface area (Å²) in [5.74, 6) is -0.873. The van der Waals surface area contributed by atoms with E-state index >= 15 is 0 Å². The molecule has 0 aromatic heterocycles. The number of hydrogen-bond donors (Lipinski definition) is 2. The highest BCUT2D eigenvalue weighted by Crippen LogP contribution is 1.92. The Morgan fingerprint density at radius 1 is 1.43 bits per heavy atom. The number of carboxylic acid groups (broad SMARTS) is 1. The molecule has 0 saturated carbocycles. The molecule has 0 aliphatic heterocycles. The van der Waals surface area contributed by atoms with Crippen molar-refractivity contribution in [3.63, 3.8) is 0 Å². The largest absolute Gasteiger partial charge is 0.480 e. The zero-order valence-electron chi connectivity index (χ0n) is 8.91. The first-order valence-electron chi connectivity index (χ1n) is 4.65. The molecule has 2 N–H and O–H groups in total. The standard InChI is InChI=1S/C9H18N2O3/c1-4-7(9(13)14)10-6-5-8(12)11(2)3/h7,10H,4-6H2,1-3H3,(H,13,14). The second-order valence-electron chi connectivity index (χ2n) is 3.29. The summed E-state index contributed by atoms with van der Waals surface area (Å²) in [6, 6.07) is -0.551. The van der Waals surface area contributed by atoms with Crippen LogP contribution >= 0.6 is 0 Å². The van der Waals surface area contributed by atoms with Gasteiger partial charge in [-0.3, -0.25) is 9.59 Å². The van der Waals surface area contributed by atoms with Gasteiger partial charge in [-0.15, -0.1) is 0 Å². The van der Waals surface area contributed by atoms with Gasteiger partial charge in [-0.1, -0.05) is 6.92 Å². The lowest BCUT2D eigenvalue weighted by Gasteiger charge is -2.13. The zero-order valence-corrected chi connectivity index (χ0v) is 8.91. The molecule has 1 unspecified atom stereocenters. The first-order valence-corrected chi connectivity index (χ1v) is 4.65. The zero-order chi connectivity index (χ0) is 11.1. The molecule has 0 aliphatic rings. The average molecular weight is 202 g/mol. The number of aliphatic carboxylic acids is 1. The van der Waals surface area contributed by atoms with E-state index in [1.807, 2.05) is 0 Å². The third-order valence-electron chi connectivity index (χ3n) is 1.93. The molecule has 1 atom stereocenters. The third kappa shape index (κ3) is 4.81. The fourth-order valence-corrected chi connectivity index (χ4v) is 0.983. The molecule has 82 valence electrons. The van der Waals surface area contributed by atoms with Crippen LogP contribution in [0.5, 0.6) is 0 Å². The molecule has 0 fully saturated rings. The minimum Gasteiger partial charge on any atom is -0.480 e. The maximum atomic E-state index is 11.1. The second-order valence-corrected chi connectivity index (χ2v) is 3.29. The summed E-state index contributed by atoms with van der Waals surface area (Å²) in [6.07, 6.45) is 0.849. The van der Waals surface area contributed by atoms with Crippen LogP contribution < -0.4 is 5.32 Å². The normalized spacial score (nSPS) is 12.2. The minimum absolute atomic E-state index is 0.00209. The molecule has 0 radical (unpaired) electrons. The number of hydrogen-bond acceptors (Lipinski definition) is 3. The van der Waals surface area contributed by atoms with Crippen LogP contribution in [0.1, 0.15) is 19.8 Å². The predicted molar refractivity (Wildman–Crippen MR) is 53.0 cm³/mol. The minimum atomic E-state index is -0.871. The van der Waals surface area contributed by atoms with Crippen molar-refractivity contribution in [1.82, 2.24) is 10.2 Å². The molecular weight excluding hydrogens is 184 g/mol. The predicted octanol–water partition coefficient (Wildman–Crippen LogP) is -0.0825. The van der Waals surface area contributed by atoms with Crippen molar-refractivity contribution in [3.05, 3.63) is 0 Å². The Labute approximate surface area is 84.1 Å². The number of amides is 1. The lowest BCUT2D eigenvalue weighted by atomic mass is 10.2. The summed E-state index contributed by atoms with van der Waals surface area (Å²) in [4.78, 5) is 23.2. The van der Waals surface area contributed by atoms with Gasteiger partial charge in [0.15, 0.2) is 0 Å². The van der Waals surface area contributed by atoms with Gasteiger partial charge in [-0.05, 0) is 6.42 Å². The van der Waals surface area contributed by atoms with Crippen LogP contribution in [-0.2, 0) is 9.59 Å². The van der Waals surface area contributed by atoms with Crippen LogP contribution in [0.15, 0.2) is 0 Å². The van der Waals surface area contributed by atoms with E-state index in [9.17, 15) is 9.59 Å². The number of carboxylic acids is 1. The molecule has 0 aliphatic carbocycles. The fourth-order valence-electron chi connectivity index (χ4n) is 0.983. The van der Waals surface area contributed by atoms with Crippen LogP contribution in [0.3, 0.4) is 0 Å².